The van der Waals surface area contributed by atoms with Gasteiger partial charge in [-0.25, -0.2) is 0 Å². The van der Waals surface area contributed by atoms with Crippen molar-refractivity contribution in [2.24, 2.45) is 0 Å². The summed E-state index contributed by atoms with van der Waals surface area (Å²) < 4.78 is 0. The summed E-state index contributed by atoms with van der Waals surface area (Å²) in [7, 11) is 0. The van der Waals surface area contributed by atoms with Crippen LogP contribution in [0.1, 0.15) is 0 Å². The van der Waals surface area contributed by atoms with Crippen LogP contribution in [0.2, 0.25) is 0 Å². The molecule has 0 bridgehead atoms. The Labute approximate surface area is 64.8 Å². The van der Waals surface area contributed by atoms with Crippen LogP contribution in [0.15, 0.2) is 0 Å². The molecule has 4 heavy (non-hydrogen) atoms. The fraction of sp³-hybridized carbons (Fsp3) is 0. The summed E-state index contributed by atoms with van der Waals surface area (Å²) in [5, 5.41) is 0. The maximum atomic E-state index is 2.28. The van der Waals surface area contributed by atoms with E-state index in [1.54, 1.807) is 0 Å². The molecular formula is H5BBiReTe. The Hall–Kier alpha value is 2.40. The molecule has 0 heterocycles. The van der Waals surface area contributed by atoms with E-state index in [0.717, 1.165) is 0 Å². The number of rotatable bonds is 0. The van der Waals surface area contributed by atoms with Gasteiger partial charge in [0.15, 0.2) is 0 Å². The predicted molar refractivity (Wildman–Crippen MR) is 24.2 cm³/mol. The van der Waals surface area contributed by atoms with Gasteiger partial charge < -0.3 is 0 Å². The van der Waals surface area contributed by atoms with Gasteiger partial charge in [-0.2, -0.15) is 0 Å². The normalized spacial score (nSPS) is 4.25. The Bertz CT molecular complexity index is 8.00. The molecule has 26 valence electrons. The Morgan fingerprint density at radius 1 is 1.75 bits per heavy atom. The van der Waals surface area contributed by atoms with E-state index >= 15 is 0 Å². The van der Waals surface area contributed by atoms with Crippen molar-refractivity contribution in [3.63, 3.8) is 0 Å². The molecule has 0 aliphatic rings. The molecular weight excluding hydrogens is 534 g/mol. The van der Waals surface area contributed by atoms with Crippen molar-refractivity contribution in [3.05, 3.63) is 0 Å². The second-order valence-electron chi connectivity index (χ2n) is 0.154. The molecule has 0 unspecified atom stereocenters. The Morgan fingerprint density at radius 2 is 1.75 bits per heavy atom. The zero-order chi connectivity index (χ0) is 2.71. The molecule has 0 aromatic heterocycles. The molecule has 4 heteroatoms. The molecule has 1 radical (unpaired) electrons. The SMILES string of the molecule is [BH2][Re][Te].[BiH3]. The molecule has 0 nitrogen and oxygen atoms in total. The third-order valence-corrected chi connectivity index (χ3v) is 0. The van der Waals surface area contributed by atoms with Crippen LogP contribution in [0.5, 0.6) is 0 Å². The van der Waals surface area contributed by atoms with Gasteiger partial charge >= 0.3 is 65.9 Å². The molecule has 0 N–H and O–H groups in total. The van der Waals surface area contributed by atoms with Crippen LogP contribution >= 0.6 is 0 Å². The zero-order valence-electron chi connectivity index (χ0n) is 2.49. The van der Waals surface area contributed by atoms with Gasteiger partial charge in [-0.3, -0.25) is 0 Å². The second kappa shape index (κ2) is 9.04. The summed E-state index contributed by atoms with van der Waals surface area (Å²) >= 11 is 2.57. The molecule has 0 fully saturated rings. The van der Waals surface area contributed by atoms with Crippen molar-refractivity contribution < 1.29 is 14.2 Å². The second-order valence-corrected chi connectivity index (χ2v) is 8.47. The third kappa shape index (κ3) is 8.83. The molecule has 0 aromatic rings. The van der Waals surface area contributed by atoms with E-state index < -0.39 is 0 Å². The summed E-state index contributed by atoms with van der Waals surface area (Å²) in [6.07, 6.45) is 2.28. The molecule has 0 saturated carbocycles. The van der Waals surface area contributed by atoms with Crippen LogP contribution in [-0.4, -0.2) is 51.6 Å². The van der Waals surface area contributed by atoms with Gasteiger partial charge in [-0.1, -0.05) is 0 Å². The quantitative estimate of drug-likeness (QED) is 0.300. The predicted octanol–water partition coefficient (Wildman–Crippen LogP) is -2.48. The first-order valence-corrected chi connectivity index (χ1v) is 11.6. The first kappa shape index (κ1) is 9.64. The molecule has 0 spiro atoms. The van der Waals surface area contributed by atoms with E-state index in [4.69, 9.17) is 0 Å². The Morgan fingerprint density at radius 3 is 1.75 bits per heavy atom. The molecule has 0 aliphatic heterocycles. The van der Waals surface area contributed by atoms with E-state index in [-0.39, 0.29) is 26.2 Å². The molecule has 0 aromatic carbocycles. The van der Waals surface area contributed by atoms with Crippen molar-refractivity contribution in [2.45, 2.75) is 0 Å². The Balaban J connectivity index is 0. The van der Waals surface area contributed by atoms with Gasteiger partial charge in [0.25, 0.3) is 0 Å². The van der Waals surface area contributed by atoms with E-state index in [9.17, 15) is 0 Å². The van der Waals surface area contributed by atoms with Crippen LogP contribution in [0, 0.1) is 0 Å². The van der Waals surface area contributed by atoms with Gasteiger partial charge in [0.1, 0.15) is 0 Å². The molecule has 0 saturated heterocycles. The monoisotopic (exact) mass is 542 g/mol. The topological polar surface area (TPSA) is 0 Å². The molecule has 0 atom stereocenters. The maximum absolute atomic E-state index is 2.28. The minimum absolute atomic E-state index is 0. The molecule has 0 amide bonds. The number of hydrogen-bond acceptors (Lipinski definition) is 0. The summed E-state index contributed by atoms with van der Waals surface area (Å²) in [6.45, 7) is 0. The van der Waals surface area contributed by atoms with Gasteiger partial charge in [-0.15, -0.1) is 0 Å². The number of hydrogen-bond donors (Lipinski definition) is 0. The fourth-order valence-electron chi connectivity index (χ4n) is 0. The summed E-state index contributed by atoms with van der Waals surface area (Å²) in [4.78, 5) is 0. The van der Waals surface area contributed by atoms with E-state index in [0.29, 0.717) is 14.2 Å². The summed E-state index contributed by atoms with van der Waals surface area (Å²) in [6, 6.07) is 0. The Kier molecular flexibility index (Phi) is 21.8. The third-order valence-electron chi connectivity index (χ3n) is 0. The average Bonchev–Trinajstić information content (AvgIpc) is 0.918. The molecule has 0 rings (SSSR count). The zero-order valence-corrected chi connectivity index (χ0v) is 13.0. The van der Waals surface area contributed by atoms with Crippen LogP contribution in [-0.2, 0) is 14.2 Å². The fourth-order valence-corrected chi connectivity index (χ4v) is 0. The molecule has 0 aliphatic carbocycles. The van der Waals surface area contributed by atoms with E-state index in [2.05, 4.69) is 25.4 Å². The van der Waals surface area contributed by atoms with Crippen molar-refractivity contribution in [1.29, 1.82) is 0 Å². The summed E-state index contributed by atoms with van der Waals surface area (Å²) in [5.41, 5.74) is 0. The van der Waals surface area contributed by atoms with Crippen LogP contribution < -0.4 is 0 Å². The van der Waals surface area contributed by atoms with Crippen LogP contribution in [0.3, 0.4) is 0 Å². The standard InChI is InChI=1S/BH2.Bi.Re.Te.3H/h1H2;;;;;;/q+1;;-1;;;;. The van der Waals surface area contributed by atoms with E-state index in [1.165, 1.54) is 0 Å². The van der Waals surface area contributed by atoms with Gasteiger partial charge in [0, 0.05) is 0 Å². The van der Waals surface area contributed by atoms with Crippen molar-refractivity contribution in [2.75, 3.05) is 0 Å². The van der Waals surface area contributed by atoms with Gasteiger partial charge in [0.2, 0.25) is 0 Å². The van der Waals surface area contributed by atoms with Gasteiger partial charge in [-0.05, 0) is 0 Å². The van der Waals surface area contributed by atoms with Crippen molar-refractivity contribution >= 4 is 51.6 Å². The first-order valence-electron chi connectivity index (χ1n) is 0.532. The van der Waals surface area contributed by atoms with E-state index in [1.807, 2.05) is 0 Å². The van der Waals surface area contributed by atoms with Crippen LogP contribution in [0.4, 0.5) is 0 Å². The van der Waals surface area contributed by atoms with Crippen molar-refractivity contribution in [1.82, 2.24) is 0 Å². The summed E-state index contributed by atoms with van der Waals surface area (Å²) in [5.74, 6) is 0. The minimum atomic E-state index is 0. The van der Waals surface area contributed by atoms with Crippen LogP contribution in [0.25, 0.3) is 0 Å². The van der Waals surface area contributed by atoms with Gasteiger partial charge in [0.05, 0.1) is 0 Å². The average molecular weight is 539 g/mol. The first-order chi connectivity index (χ1) is 1.41. The van der Waals surface area contributed by atoms with Crippen molar-refractivity contribution in [3.8, 4) is 0 Å².